The Morgan fingerprint density at radius 3 is 2.59 bits per heavy atom. The van der Waals surface area contributed by atoms with Crippen LogP contribution in [0.4, 0.5) is 0 Å². The molecule has 0 aromatic heterocycles. The first-order valence-electron chi connectivity index (χ1n) is 7.45. The minimum absolute atomic E-state index is 0.0661. The summed E-state index contributed by atoms with van der Waals surface area (Å²) < 4.78 is 5.32. The lowest BCUT2D eigenvalue weighted by Gasteiger charge is -2.35. The molecule has 1 aromatic rings. The Kier molecular flexibility index (Phi) is 6.00. The van der Waals surface area contributed by atoms with Crippen molar-refractivity contribution in [2.75, 3.05) is 26.4 Å². The van der Waals surface area contributed by atoms with E-state index in [-0.39, 0.29) is 17.9 Å². The summed E-state index contributed by atoms with van der Waals surface area (Å²) in [4.78, 5) is 12.2. The van der Waals surface area contributed by atoms with E-state index in [4.69, 9.17) is 16.3 Å². The number of nitrogens with one attached hydrogen (secondary N) is 1. The van der Waals surface area contributed by atoms with Crippen molar-refractivity contribution in [1.29, 1.82) is 0 Å². The number of aliphatic hydroxyl groups excluding tert-OH is 1. The van der Waals surface area contributed by atoms with E-state index >= 15 is 0 Å². The SMILES string of the molecule is CC(=Cc1ccc(Cl)cc1)C(=O)NCC1(CO)CCOCC1. The third-order valence-corrected chi connectivity index (χ3v) is 4.38. The minimum Gasteiger partial charge on any atom is -0.396 e. The summed E-state index contributed by atoms with van der Waals surface area (Å²) in [6.07, 6.45) is 3.36. The topological polar surface area (TPSA) is 58.6 Å². The summed E-state index contributed by atoms with van der Waals surface area (Å²) in [5.74, 6) is -0.116. The molecule has 0 aliphatic carbocycles. The predicted molar refractivity (Wildman–Crippen MR) is 87.7 cm³/mol. The highest BCUT2D eigenvalue weighted by Crippen LogP contribution is 2.29. The molecule has 0 radical (unpaired) electrons. The Hall–Kier alpha value is -1.36. The van der Waals surface area contributed by atoms with Crippen molar-refractivity contribution in [1.82, 2.24) is 5.32 Å². The first-order chi connectivity index (χ1) is 10.5. The monoisotopic (exact) mass is 323 g/mol. The van der Waals surface area contributed by atoms with Crippen molar-refractivity contribution in [3.05, 3.63) is 40.4 Å². The number of benzene rings is 1. The molecule has 0 saturated carbocycles. The van der Waals surface area contributed by atoms with Crippen LogP contribution in [0.3, 0.4) is 0 Å². The van der Waals surface area contributed by atoms with Crippen LogP contribution in [0.25, 0.3) is 6.08 Å². The second kappa shape index (κ2) is 7.77. The molecule has 1 heterocycles. The van der Waals surface area contributed by atoms with Gasteiger partial charge >= 0.3 is 0 Å². The van der Waals surface area contributed by atoms with Gasteiger partial charge < -0.3 is 15.2 Å². The molecule has 1 fully saturated rings. The Morgan fingerprint density at radius 1 is 1.36 bits per heavy atom. The Bertz CT molecular complexity index is 533. The summed E-state index contributed by atoms with van der Waals surface area (Å²) in [6.45, 7) is 3.58. The van der Waals surface area contributed by atoms with Gasteiger partial charge in [0.1, 0.15) is 0 Å². The maximum absolute atomic E-state index is 12.2. The van der Waals surface area contributed by atoms with Crippen LogP contribution in [-0.4, -0.2) is 37.4 Å². The van der Waals surface area contributed by atoms with Gasteiger partial charge in [-0.2, -0.15) is 0 Å². The van der Waals surface area contributed by atoms with Crippen LogP contribution < -0.4 is 5.32 Å². The van der Waals surface area contributed by atoms with Crippen molar-refractivity contribution in [2.45, 2.75) is 19.8 Å². The number of carbonyl (C=O) groups is 1. The number of hydrogen-bond acceptors (Lipinski definition) is 3. The van der Waals surface area contributed by atoms with Crippen LogP contribution in [0.15, 0.2) is 29.8 Å². The molecule has 0 spiro atoms. The lowest BCUT2D eigenvalue weighted by Crippen LogP contribution is -2.43. The number of carbonyl (C=O) groups excluding carboxylic acids is 1. The standard InChI is InChI=1S/C17H22ClNO3/c1-13(10-14-2-4-15(18)5-3-14)16(21)19-11-17(12-20)6-8-22-9-7-17/h2-5,10,20H,6-9,11-12H2,1H3,(H,19,21). The maximum Gasteiger partial charge on any atom is 0.246 e. The van der Waals surface area contributed by atoms with Gasteiger partial charge in [-0.25, -0.2) is 0 Å². The second-order valence-electron chi connectivity index (χ2n) is 5.83. The molecule has 120 valence electrons. The highest BCUT2D eigenvalue weighted by molar-refractivity contribution is 6.30. The van der Waals surface area contributed by atoms with Crippen molar-refractivity contribution >= 4 is 23.6 Å². The fourth-order valence-corrected chi connectivity index (χ4v) is 2.60. The van der Waals surface area contributed by atoms with Crippen LogP contribution in [0.2, 0.25) is 5.02 Å². The average molecular weight is 324 g/mol. The zero-order chi connectivity index (χ0) is 16.0. The molecule has 4 nitrogen and oxygen atoms in total. The van der Waals surface area contributed by atoms with Crippen molar-refractivity contribution in [3.63, 3.8) is 0 Å². The van der Waals surface area contributed by atoms with Gasteiger partial charge in [0, 0.05) is 35.8 Å². The van der Waals surface area contributed by atoms with Crippen molar-refractivity contribution < 1.29 is 14.6 Å². The number of amides is 1. The molecule has 1 aliphatic rings. The molecule has 22 heavy (non-hydrogen) atoms. The zero-order valence-corrected chi connectivity index (χ0v) is 13.5. The minimum atomic E-state index is -0.255. The van der Waals surface area contributed by atoms with Gasteiger partial charge in [0.05, 0.1) is 6.61 Å². The molecule has 1 aliphatic heterocycles. The van der Waals surface area contributed by atoms with Crippen molar-refractivity contribution in [3.8, 4) is 0 Å². The normalized spacial score (nSPS) is 18.0. The van der Waals surface area contributed by atoms with E-state index in [1.54, 1.807) is 19.1 Å². The van der Waals surface area contributed by atoms with Gasteiger partial charge in [-0.1, -0.05) is 23.7 Å². The van der Waals surface area contributed by atoms with Crippen LogP contribution in [0.1, 0.15) is 25.3 Å². The fraction of sp³-hybridized carbons (Fsp3) is 0.471. The summed E-state index contributed by atoms with van der Waals surface area (Å²) >= 11 is 5.84. The summed E-state index contributed by atoms with van der Waals surface area (Å²) in [5, 5.41) is 13.2. The van der Waals surface area contributed by atoms with E-state index in [1.165, 1.54) is 0 Å². The first kappa shape index (κ1) is 17.0. The number of halogens is 1. The quantitative estimate of drug-likeness (QED) is 0.819. The van der Waals surface area contributed by atoms with E-state index in [1.807, 2.05) is 18.2 Å². The van der Waals surface area contributed by atoms with E-state index in [0.29, 0.717) is 30.4 Å². The third-order valence-electron chi connectivity index (χ3n) is 4.12. The van der Waals surface area contributed by atoms with Gasteiger partial charge in [0.25, 0.3) is 0 Å². The molecule has 1 saturated heterocycles. The van der Waals surface area contributed by atoms with Gasteiger partial charge in [-0.05, 0) is 43.5 Å². The lowest BCUT2D eigenvalue weighted by atomic mass is 9.81. The molecule has 5 heteroatoms. The fourth-order valence-electron chi connectivity index (χ4n) is 2.48. The Balaban J connectivity index is 1.94. The van der Waals surface area contributed by atoms with E-state index in [2.05, 4.69) is 5.32 Å². The highest BCUT2D eigenvalue weighted by Gasteiger charge is 2.32. The number of ether oxygens (including phenoxy) is 1. The molecule has 0 atom stereocenters. The Morgan fingerprint density at radius 2 is 2.00 bits per heavy atom. The van der Waals surface area contributed by atoms with E-state index < -0.39 is 0 Å². The van der Waals surface area contributed by atoms with Gasteiger partial charge in [0.2, 0.25) is 5.91 Å². The maximum atomic E-state index is 12.2. The van der Waals surface area contributed by atoms with Gasteiger partial charge in [0.15, 0.2) is 0 Å². The summed E-state index contributed by atoms with van der Waals surface area (Å²) in [7, 11) is 0. The molecule has 1 aromatic carbocycles. The Labute approximate surface area is 136 Å². The van der Waals surface area contributed by atoms with Gasteiger partial charge in [-0.3, -0.25) is 4.79 Å². The number of rotatable bonds is 5. The average Bonchev–Trinajstić information content (AvgIpc) is 2.55. The molecule has 0 bridgehead atoms. The predicted octanol–water partition coefficient (Wildman–Crippen LogP) is 2.65. The molecule has 2 rings (SSSR count). The lowest BCUT2D eigenvalue weighted by molar-refractivity contribution is -0.118. The van der Waals surface area contributed by atoms with Crippen LogP contribution in [0, 0.1) is 5.41 Å². The molecule has 2 N–H and O–H groups in total. The summed E-state index contributed by atoms with van der Waals surface area (Å²) in [6, 6.07) is 7.32. The van der Waals surface area contributed by atoms with Crippen LogP contribution >= 0.6 is 11.6 Å². The number of hydrogen-bond donors (Lipinski definition) is 2. The molecular weight excluding hydrogens is 302 g/mol. The van der Waals surface area contributed by atoms with Crippen molar-refractivity contribution in [2.24, 2.45) is 5.41 Å². The number of aliphatic hydroxyl groups is 1. The summed E-state index contributed by atoms with van der Waals surface area (Å²) in [5.41, 5.74) is 1.30. The van der Waals surface area contributed by atoms with Crippen LogP contribution in [-0.2, 0) is 9.53 Å². The largest absolute Gasteiger partial charge is 0.396 e. The molecular formula is C17H22ClNO3. The van der Waals surface area contributed by atoms with E-state index in [9.17, 15) is 9.90 Å². The first-order valence-corrected chi connectivity index (χ1v) is 7.83. The van der Waals surface area contributed by atoms with E-state index in [0.717, 1.165) is 18.4 Å². The smallest absolute Gasteiger partial charge is 0.246 e. The van der Waals surface area contributed by atoms with Gasteiger partial charge in [-0.15, -0.1) is 0 Å². The highest BCUT2D eigenvalue weighted by atomic mass is 35.5. The van der Waals surface area contributed by atoms with Crippen LogP contribution in [0.5, 0.6) is 0 Å². The second-order valence-corrected chi connectivity index (χ2v) is 6.27. The zero-order valence-electron chi connectivity index (χ0n) is 12.8. The third kappa shape index (κ3) is 4.57. The molecule has 0 unspecified atom stereocenters. The molecule has 1 amide bonds.